The highest BCUT2D eigenvalue weighted by Gasteiger charge is 2.28. The van der Waals surface area contributed by atoms with E-state index in [0.717, 1.165) is 24.9 Å². The number of hydrogen-bond donors (Lipinski definition) is 1. The van der Waals surface area contributed by atoms with Gasteiger partial charge in [-0.1, -0.05) is 18.2 Å². The molecular formula is C18H27NO3. The standard InChI is InChI=1S/C18H27NO3/c1-4-22-18(21)16-6-5-9-19(11-16)12-17(20)15-8-7-13(2)14(3)10-15/h7-8,10,16-17,20H,4-6,9,11-12H2,1-3H3. The molecule has 2 atom stereocenters. The number of likely N-dealkylation sites (tertiary alicyclic amines) is 1. The van der Waals surface area contributed by atoms with E-state index in [2.05, 4.69) is 18.7 Å². The molecule has 1 aromatic carbocycles. The second kappa shape index (κ2) is 7.75. The predicted octanol–water partition coefficient (Wildman–Crippen LogP) is 2.61. The number of benzene rings is 1. The van der Waals surface area contributed by atoms with E-state index in [4.69, 9.17) is 4.74 Å². The average molecular weight is 305 g/mol. The van der Waals surface area contributed by atoms with Crippen molar-refractivity contribution in [1.82, 2.24) is 4.90 Å². The minimum Gasteiger partial charge on any atom is -0.466 e. The van der Waals surface area contributed by atoms with Crippen molar-refractivity contribution in [1.29, 1.82) is 0 Å². The number of carbonyl (C=O) groups is 1. The van der Waals surface area contributed by atoms with Gasteiger partial charge in [-0.2, -0.15) is 0 Å². The van der Waals surface area contributed by atoms with Crippen LogP contribution in [0.15, 0.2) is 18.2 Å². The van der Waals surface area contributed by atoms with E-state index in [9.17, 15) is 9.90 Å². The molecule has 2 unspecified atom stereocenters. The summed E-state index contributed by atoms with van der Waals surface area (Å²) in [6.45, 7) is 8.57. The summed E-state index contributed by atoms with van der Waals surface area (Å²) < 4.78 is 5.12. The molecule has 0 spiro atoms. The Bertz CT molecular complexity index is 515. The maximum Gasteiger partial charge on any atom is 0.310 e. The van der Waals surface area contributed by atoms with Gasteiger partial charge in [0.25, 0.3) is 0 Å². The predicted molar refractivity (Wildman–Crippen MR) is 86.7 cm³/mol. The van der Waals surface area contributed by atoms with Crippen molar-refractivity contribution >= 4 is 5.97 Å². The van der Waals surface area contributed by atoms with Crippen LogP contribution in [0.2, 0.25) is 0 Å². The second-order valence-corrected chi connectivity index (χ2v) is 6.21. The number of piperidine rings is 1. The van der Waals surface area contributed by atoms with Crippen LogP contribution in [0.3, 0.4) is 0 Å². The lowest BCUT2D eigenvalue weighted by molar-refractivity contribution is -0.150. The first-order chi connectivity index (χ1) is 10.5. The number of ether oxygens (including phenoxy) is 1. The summed E-state index contributed by atoms with van der Waals surface area (Å²) in [6.07, 6.45) is 1.35. The van der Waals surface area contributed by atoms with Crippen LogP contribution in [0.4, 0.5) is 0 Å². The van der Waals surface area contributed by atoms with E-state index < -0.39 is 6.10 Å². The summed E-state index contributed by atoms with van der Waals surface area (Å²) in [4.78, 5) is 14.0. The first kappa shape index (κ1) is 17.0. The van der Waals surface area contributed by atoms with Gasteiger partial charge in [-0.15, -0.1) is 0 Å². The summed E-state index contributed by atoms with van der Waals surface area (Å²) in [7, 11) is 0. The smallest absolute Gasteiger partial charge is 0.310 e. The van der Waals surface area contributed by atoms with Gasteiger partial charge in [0.2, 0.25) is 0 Å². The van der Waals surface area contributed by atoms with Crippen molar-refractivity contribution in [3.63, 3.8) is 0 Å². The molecule has 1 fully saturated rings. The van der Waals surface area contributed by atoms with Crippen LogP contribution in [-0.2, 0) is 9.53 Å². The Balaban J connectivity index is 1.94. The van der Waals surface area contributed by atoms with E-state index in [-0.39, 0.29) is 11.9 Å². The van der Waals surface area contributed by atoms with Crippen molar-refractivity contribution in [2.45, 2.75) is 39.7 Å². The van der Waals surface area contributed by atoms with Crippen LogP contribution in [0.1, 0.15) is 42.6 Å². The molecule has 0 aliphatic carbocycles. The molecule has 0 aromatic heterocycles. The van der Waals surface area contributed by atoms with Crippen LogP contribution >= 0.6 is 0 Å². The number of esters is 1. The number of carbonyl (C=O) groups excluding carboxylic acids is 1. The van der Waals surface area contributed by atoms with Gasteiger partial charge in [0.15, 0.2) is 0 Å². The highest BCUT2D eigenvalue weighted by Crippen LogP contribution is 2.22. The highest BCUT2D eigenvalue weighted by atomic mass is 16.5. The lowest BCUT2D eigenvalue weighted by Crippen LogP contribution is -2.41. The topological polar surface area (TPSA) is 49.8 Å². The van der Waals surface area contributed by atoms with Crippen molar-refractivity contribution in [2.75, 3.05) is 26.2 Å². The number of hydrogen-bond acceptors (Lipinski definition) is 4. The van der Waals surface area contributed by atoms with Crippen LogP contribution in [-0.4, -0.2) is 42.2 Å². The van der Waals surface area contributed by atoms with Gasteiger partial charge in [0.05, 0.1) is 18.6 Å². The molecule has 4 heteroatoms. The molecule has 1 N–H and O–H groups in total. The molecule has 1 aliphatic rings. The number of aryl methyl sites for hydroxylation is 2. The summed E-state index contributed by atoms with van der Waals surface area (Å²) in [5.74, 6) is -0.159. The molecule has 4 nitrogen and oxygen atoms in total. The maximum absolute atomic E-state index is 11.9. The highest BCUT2D eigenvalue weighted by molar-refractivity contribution is 5.72. The summed E-state index contributed by atoms with van der Waals surface area (Å²) in [6, 6.07) is 6.08. The van der Waals surface area contributed by atoms with Crippen LogP contribution in [0, 0.1) is 19.8 Å². The SMILES string of the molecule is CCOC(=O)C1CCCN(CC(O)c2ccc(C)c(C)c2)C1. The number of β-amino-alcohol motifs (C(OH)–C–C–N with tert-alkyl or cyclic N) is 1. The third kappa shape index (κ3) is 4.31. The van der Waals surface area contributed by atoms with Crippen molar-refractivity contribution < 1.29 is 14.6 Å². The Labute approximate surface area is 133 Å². The Morgan fingerprint density at radius 3 is 2.86 bits per heavy atom. The molecule has 1 aromatic rings. The van der Waals surface area contributed by atoms with Gasteiger partial charge >= 0.3 is 5.97 Å². The lowest BCUT2D eigenvalue weighted by atomic mass is 9.97. The van der Waals surface area contributed by atoms with Crippen molar-refractivity contribution in [3.05, 3.63) is 34.9 Å². The third-order valence-corrected chi connectivity index (χ3v) is 4.47. The zero-order valence-corrected chi connectivity index (χ0v) is 13.8. The van der Waals surface area contributed by atoms with E-state index >= 15 is 0 Å². The minimum atomic E-state index is -0.514. The van der Waals surface area contributed by atoms with Gasteiger partial charge in [-0.3, -0.25) is 9.69 Å². The molecular weight excluding hydrogens is 278 g/mol. The van der Waals surface area contributed by atoms with Gasteiger partial charge in [0, 0.05) is 13.1 Å². The summed E-state index contributed by atoms with van der Waals surface area (Å²) in [5.41, 5.74) is 3.37. The summed E-state index contributed by atoms with van der Waals surface area (Å²) >= 11 is 0. The third-order valence-electron chi connectivity index (χ3n) is 4.47. The maximum atomic E-state index is 11.9. The van der Waals surface area contributed by atoms with Crippen LogP contribution in [0.25, 0.3) is 0 Å². The molecule has 0 saturated carbocycles. The Morgan fingerprint density at radius 2 is 2.18 bits per heavy atom. The quantitative estimate of drug-likeness (QED) is 0.850. The number of rotatable bonds is 5. The fourth-order valence-corrected chi connectivity index (χ4v) is 3.00. The van der Waals surface area contributed by atoms with Gasteiger partial charge < -0.3 is 9.84 Å². The zero-order chi connectivity index (χ0) is 16.1. The molecule has 0 amide bonds. The fourth-order valence-electron chi connectivity index (χ4n) is 3.00. The Morgan fingerprint density at radius 1 is 1.41 bits per heavy atom. The second-order valence-electron chi connectivity index (χ2n) is 6.21. The molecule has 1 aliphatic heterocycles. The molecule has 0 radical (unpaired) electrons. The van der Waals surface area contributed by atoms with Crippen molar-refractivity contribution in [3.8, 4) is 0 Å². The minimum absolute atomic E-state index is 0.0550. The molecule has 22 heavy (non-hydrogen) atoms. The summed E-state index contributed by atoms with van der Waals surface area (Å²) in [5, 5.41) is 10.5. The van der Waals surface area contributed by atoms with Crippen LogP contribution < -0.4 is 0 Å². The van der Waals surface area contributed by atoms with Crippen LogP contribution in [0.5, 0.6) is 0 Å². The zero-order valence-electron chi connectivity index (χ0n) is 13.8. The van der Waals surface area contributed by atoms with E-state index in [1.54, 1.807) is 0 Å². The number of aliphatic hydroxyl groups is 1. The van der Waals surface area contributed by atoms with Crippen molar-refractivity contribution in [2.24, 2.45) is 5.92 Å². The normalized spacial score (nSPS) is 20.6. The monoisotopic (exact) mass is 305 g/mol. The fraction of sp³-hybridized carbons (Fsp3) is 0.611. The first-order valence-corrected chi connectivity index (χ1v) is 8.15. The van der Waals surface area contributed by atoms with Gasteiger partial charge in [-0.25, -0.2) is 0 Å². The van der Waals surface area contributed by atoms with E-state index in [1.165, 1.54) is 11.1 Å². The van der Waals surface area contributed by atoms with Gasteiger partial charge in [-0.05, 0) is 56.8 Å². The lowest BCUT2D eigenvalue weighted by Gasteiger charge is -2.32. The Hall–Kier alpha value is -1.39. The van der Waals surface area contributed by atoms with Gasteiger partial charge in [0.1, 0.15) is 0 Å². The number of nitrogens with zero attached hydrogens (tertiary/aromatic N) is 1. The van der Waals surface area contributed by atoms with E-state index in [0.29, 0.717) is 19.7 Å². The average Bonchev–Trinajstić information content (AvgIpc) is 2.50. The molecule has 1 heterocycles. The largest absolute Gasteiger partial charge is 0.466 e. The van der Waals surface area contributed by atoms with E-state index in [1.807, 2.05) is 25.1 Å². The molecule has 0 bridgehead atoms. The number of aliphatic hydroxyl groups excluding tert-OH is 1. The molecule has 1 saturated heterocycles. The first-order valence-electron chi connectivity index (χ1n) is 8.15. The molecule has 2 rings (SSSR count). The molecule has 122 valence electrons. The Kier molecular flexibility index (Phi) is 5.98.